The molecule has 2 aliphatic rings. The molecule has 2 aliphatic heterocycles. The average molecular weight is 165 g/mol. The lowest BCUT2D eigenvalue weighted by Gasteiger charge is -2.03. The van der Waals surface area contributed by atoms with E-state index in [1.54, 1.807) is 0 Å². The molecule has 2 unspecified atom stereocenters. The van der Waals surface area contributed by atoms with Crippen molar-refractivity contribution in [1.29, 1.82) is 0 Å². The first-order valence-corrected chi connectivity index (χ1v) is 5.25. The second-order valence-corrected chi connectivity index (χ2v) is 4.79. The van der Waals surface area contributed by atoms with Gasteiger partial charge in [-0.3, -0.25) is 0 Å². The molecular weight excluding hydrogens is 156 g/mol. The molecule has 2 heteroatoms. The minimum Gasteiger partial charge on any atom is -0.110 e. The molecular formula is C9H9OS+. The van der Waals surface area contributed by atoms with E-state index in [2.05, 4.69) is 24.3 Å². The summed E-state index contributed by atoms with van der Waals surface area (Å²) in [5.41, 5.74) is 3.59. The standard InChI is InChI=1S/C9H9OS/c1-2-4-8-6-11-9(10-11)5-7(8)3-1/h1-4,9H,5-6H2/q+1. The van der Waals surface area contributed by atoms with Crippen LogP contribution in [0.4, 0.5) is 0 Å². The minimum atomic E-state index is 0.315. The molecule has 2 heterocycles. The maximum Gasteiger partial charge on any atom is 0.303 e. The van der Waals surface area contributed by atoms with Gasteiger partial charge in [-0.2, -0.15) is 0 Å². The molecule has 1 nitrogen and oxygen atoms in total. The van der Waals surface area contributed by atoms with Crippen molar-refractivity contribution in [2.45, 2.75) is 17.6 Å². The van der Waals surface area contributed by atoms with E-state index in [9.17, 15) is 0 Å². The Kier molecular flexibility index (Phi) is 1.12. The molecule has 1 fully saturated rings. The third kappa shape index (κ3) is 0.898. The van der Waals surface area contributed by atoms with Gasteiger partial charge in [0, 0.05) is 5.56 Å². The predicted molar refractivity (Wildman–Crippen MR) is 46.1 cm³/mol. The molecule has 11 heavy (non-hydrogen) atoms. The van der Waals surface area contributed by atoms with Gasteiger partial charge in [-0.1, -0.05) is 24.3 Å². The molecule has 1 saturated heterocycles. The molecule has 0 radical (unpaired) electrons. The van der Waals surface area contributed by atoms with Crippen LogP contribution in [-0.4, -0.2) is 5.44 Å². The highest BCUT2D eigenvalue weighted by atomic mass is 32.2. The number of benzene rings is 1. The molecule has 56 valence electrons. The molecule has 1 aromatic carbocycles. The van der Waals surface area contributed by atoms with Gasteiger partial charge in [0.15, 0.2) is 16.9 Å². The number of hydrogen-bond donors (Lipinski definition) is 0. The van der Waals surface area contributed by atoms with E-state index in [0.29, 0.717) is 16.6 Å². The molecule has 3 rings (SSSR count). The average Bonchev–Trinajstić information content (AvgIpc) is 2.77. The Bertz CT molecular complexity index is 268. The Balaban J connectivity index is 2.07. The second kappa shape index (κ2) is 2.02. The molecule has 0 bridgehead atoms. The smallest absolute Gasteiger partial charge is 0.110 e. The van der Waals surface area contributed by atoms with Crippen LogP contribution in [0.2, 0.25) is 0 Å². The maximum atomic E-state index is 5.49. The predicted octanol–water partition coefficient (Wildman–Crippen LogP) is 1.63. The van der Waals surface area contributed by atoms with E-state index in [1.807, 2.05) is 0 Å². The largest absolute Gasteiger partial charge is 0.303 e. The van der Waals surface area contributed by atoms with Crippen LogP contribution in [-0.2, 0) is 27.5 Å². The molecule has 0 saturated carbocycles. The molecule has 2 atom stereocenters. The van der Waals surface area contributed by atoms with Gasteiger partial charge in [-0.15, -0.1) is 4.18 Å². The molecule has 0 aliphatic carbocycles. The lowest BCUT2D eigenvalue weighted by atomic mass is 10.1. The normalized spacial score (nSPS) is 32.4. The summed E-state index contributed by atoms with van der Waals surface area (Å²) >= 11 is 0.315. The third-order valence-electron chi connectivity index (χ3n) is 2.29. The highest BCUT2D eigenvalue weighted by Crippen LogP contribution is 2.39. The highest BCUT2D eigenvalue weighted by molar-refractivity contribution is 7.97. The summed E-state index contributed by atoms with van der Waals surface area (Å²) in [4.78, 5) is 0. The summed E-state index contributed by atoms with van der Waals surface area (Å²) in [6.07, 6.45) is 1.15. The summed E-state index contributed by atoms with van der Waals surface area (Å²) in [7, 11) is 0. The zero-order valence-corrected chi connectivity index (χ0v) is 6.93. The van der Waals surface area contributed by atoms with Crippen molar-refractivity contribution in [3.05, 3.63) is 35.4 Å². The van der Waals surface area contributed by atoms with E-state index in [1.165, 1.54) is 16.9 Å². The van der Waals surface area contributed by atoms with E-state index >= 15 is 0 Å². The fraction of sp³-hybridized carbons (Fsp3) is 0.333. The van der Waals surface area contributed by atoms with Gasteiger partial charge in [-0.05, 0) is 5.56 Å². The van der Waals surface area contributed by atoms with Crippen molar-refractivity contribution in [2.75, 3.05) is 0 Å². The van der Waals surface area contributed by atoms with Crippen molar-refractivity contribution >= 4 is 11.2 Å². The van der Waals surface area contributed by atoms with Gasteiger partial charge in [0.1, 0.15) is 0 Å². The van der Waals surface area contributed by atoms with Crippen LogP contribution < -0.4 is 0 Å². The SMILES string of the molecule is c1ccc2c(c1)CC1O[S+]1C2. The fourth-order valence-corrected chi connectivity index (χ4v) is 3.27. The lowest BCUT2D eigenvalue weighted by molar-refractivity contribution is 0.458. The number of hydrogen-bond acceptors (Lipinski definition) is 1. The first-order chi connectivity index (χ1) is 5.43. The Hall–Kier alpha value is -0.470. The number of rotatable bonds is 0. The van der Waals surface area contributed by atoms with E-state index in [0.717, 1.165) is 6.42 Å². The summed E-state index contributed by atoms with van der Waals surface area (Å²) in [6, 6.07) is 8.68. The third-order valence-corrected chi connectivity index (χ3v) is 4.02. The molecule has 1 aromatic rings. The van der Waals surface area contributed by atoms with E-state index < -0.39 is 0 Å². The van der Waals surface area contributed by atoms with Gasteiger partial charge in [0.25, 0.3) is 0 Å². The van der Waals surface area contributed by atoms with E-state index in [-0.39, 0.29) is 0 Å². The van der Waals surface area contributed by atoms with Crippen LogP contribution in [0, 0.1) is 0 Å². The zero-order chi connectivity index (χ0) is 7.26. The van der Waals surface area contributed by atoms with Gasteiger partial charge in [0.2, 0.25) is 0 Å². The monoisotopic (exact) mass is 165 g/mol. The lowest BCUT2D eigenvalue weighted by Crippen LogP contribution is -2.07. The van der Waals surface area contributed by atoms with Crippen molar-refractivity contribution in [3.63, 3.8) is 0 Å². The van der Waals surface area contributed by atoms with Crippen molar-refractivity contribution < 1.29 is 4.18 Å². The first-order valence-electron chi connectivity index (χ1n) is 3.87. The summed E-state index contributed by atoms with van der Waals surface area (Å²) in [6.45, 7) is 0. The van der Waals surface area contributed by atoms with Gasteiger partial charge in [-0.25, -0.2) is 0 Å². The molecule has 0 spiro atoms. The molecule has 0 amide bonds. The van der Waals surface area contributed by atoms with E-state index in [4.69, 9.17) is 4.18 Å². The van der Waals surface area contributed by atoms with Gasteiger partial charge >= 0.3 is 5.44 Å². The molecule has 0 aromatic heterocycles. The van der Waals surface area contributed by atoms with Gasteiger partial charge < -0.3 is 0 Å². The summed E-state index contributed by atoms with van der Waals surface area (Å²) in [5, 5.41) is 0. The van der Waals surface area contributed by atoms with Gasteiger partial charge in [0.05, 0.1) is 6.42 Å². The van der Waals surface area contributed by atoms with Crippen molar-refractivity contribution in [1.82, 2.24) is 0 Å². The first kappa shape index (κ1) is 6.09. The van der Waals surface area contributed by atoms with Crippen LogP contribution in [0.25, 0.3) is 0 Å². The maximum absolute atomic E-state index is 5.49. The highest BCUT2D eigenvalue weighted by Gasteiger charge is 2.57. The van der Waals surface area contributed by atoms with Crippen molar-refractivity contribution in [2.24, 2.45) is 0 Å². The van der Waals surface area contributed by atoms with Crippen molar-refractivity contribution in [3.8, 4) is 0 Å². The topological polar surface area (TPSA) is 12.5 Å². The second-order valence-electron chi connectivity index (χ2n) is 3.02. The van der Waals surface area contributed by atoms with Crippen LogP contribution in [0.1, 0.15) is 11.1 Å². The Morgan fingerprint density at radius 2 is 2.09 bits per heavy atom. The van der Waals surface area contributed by atoms with Crippen LogP contribution >= 0.6 is 0 Å². The number of fused-ring (bicyclic) bond motifs is 2. The van der Waals surface area contributed by atoms with Crippen LogP contribution in [0.15, 0.2) is 24.3 Å². The Labute approximate surface area is 68.9 Å². The quantitative estimate of drug-likeness (QED) is 0.420. The summed E-state index contributed by atoms with van der Waals surface area (Å²) in [5.74, 6) is 1.17. The Morgan fingerprint density at radius 1 is 1.27 bits per heavy atom. The fourth-order valence-electron chi connectivity index (χ4n) is 1.60. The zero-order valence-electron chi connectivity index (χ0n) is 6.12. The van der Waals surface area contributed by atoms with Crippen LogP contribution in [0.5, 0.6) is 0 Å². The Morgan fingerprint density at radius 3 is 3.00 bits per heavy atom. The minimum absolute atomic E-state index is 0.315. The molecule has 0 N–H and O–H groups in total. The van der Waals surface area contributed by atoms with Crippen LogP contribution in [0.3, 0.4) is 0 Å². The summed E-state index contributed by atoms with van der Waals surface area (Å²) < 4.78 is 5.49.